The first-order valence-electron chi connectivity index (χ1n) is 7.38. The van der Waals surface area contributed by atoms with Crippen LogP contribution in [0.4, 0.5) is 4.39 Å². The van der Waals surface area contributed by atoms with Crippen molar-refractivity contribution in [1.82, 2.24) is 0 Å². The summed E-state index contributed by atoms with van der Waals surface area (Å²) in [6.07, 6.45) is 0.574. The van der Waals surface area contributed by atoms with Crippen molar-refractivity contribution in [2.24, 2.45) is 5.73 Å². The Morgan fingerprint density at radius 2 is 1.91 bits per heavy atom. The van der Waals surface area contributed by atoms with Gasteiger partial charge in [-0.15, -0.1) is 0 Å². The van der Waals surface area contributed by atoms with E-state index < -0.39 is 12.1 Å². The number of benzene rings is 2. The van der Waals surface area contributed by atoms with Crippen LogP contribution in [0, 0.1) is 5.82 Å². The predicted octanol–water partition coefficient (Wildman–Crippen LogP) is 2.49. The molecule has 0 amide bonds. The van der Waals surface area contributed by atoms with Gasteiger partial charge in [0.05, 0.1) is 13.7 Å². The Labute approximate surface area is 135 Å². The molecule has 0 radical (unpaired) electrons. The van der Waals surface area contributed by atoms with E-state index in [2.05, 4.69) is 0 Å². The van der Waals surface area contributed by atoms with Crippen LogP contribution < -0.4 is 10.5 Å². The first kappa shape index (κ1) is 17.0. The monoisotopic (exact) mass is 317 g/mol. The molecular weight excluding hydrogens is 297 g/mol. The summed E-state index contributed by atoms with van der Waals surface area (Å²) in [5.41, 5.74) is 7.16. The highest BCUT2D eigenvalue weighted by atomic mass is 19.1. The Balaban J connectivity index is 2.18. The second-order valence-corrected chi connectivity index (χ2v) is 5.17. The van der Waals surface area contributed by atoms with Gasteiger partial charge in [0.15, 0.2) is 0 Å². The van der Waals surface area contributed by atoms with E-state index in [1.165, 1.54) is 19.2 Å². The number of hydrogen-bond donors (Lipinski definition) is 1. The first-order chi connectivity index (χ1) is 11.1. The smallest absolute Gasteiger partial charge is 0.319 e. The van der Waals surface area contributed by atoms with Gasteiger partial charge in [-0.3, -0.25) is 4.79 Å². The summed E-state index contributed by atoms with van der Waals surface area (Å²) in [5, 5.41) is 0. The largest absolute Gasteiger partial charge is 0.496 e. The number of carbonyl (C=O) groups is 1. The number of halogens is 1. The van der Waals surface area contributed by atoms with Gasteiger partial charge in [-0.25, -0.2) is 4.39 Å². The molecule has 1 unspecified atom stereocenters. The van der Waals surface area contributed by atoms with Crippen molar-refractivity contribution in [2.75, 3.05) is 13.7 Å². The van der Waals surface area contributed by atoms with Crippen LogP contribution in [0.3, 0.4) is 0 Å². The standard InChI is InChI=1S/C18H20FNO3/c1-22-17-11-15(19)8-7-14(17)10-16(23-18(21)12-20)9-13-5-3-2-4-6-13/h2-8,11,16H,9-10,12,20H2,1H3. The molecular formula is C18H20FNO3. The zero-order valence-corrected chi connectivity index (χ0v) is 13.0. The lowest BCUT2D eigenvalue weighted by Gasteiger charge is -2.19. The zero-order valence-electron chi connectivity index (χ0n) is 13.0. The van der Waals surface area contributed by atoms with Gasteiger partial charge in [-0.2, -0.15) is 0 Å². The van der Waals surface area contributed by atoms with Gasteiger partial charge in [0.25, 0.3) is 0 Å². The van der Waals surface area contributed by atoms with Crippen molar-refractivity contribution in [3.05, 3.63) is 65.5 Å². The summed E-state index contributed by atoms with van der Waals surface area (Å²) < 4.78 is 23.9. The van der Waals surface area contributed by atoms with E-state index in [1.54, 1.807) is 6.07 Å². The summed E-state index contributed by atoms with van der Waals surface area (Å²) in [6, 6.07) is 14.0. The molecule has 0 aliphatic rings. The van der Waals surface area contributed by atoms with Crippen LogP contribution in [-0.4, -0.2) is 25.7 Å². The second-order valence-electron chi connectivity index (χ2n) is 5.17. The van der Waals surface area contributed by atoms with Crippen molar-refractivity contribution < 1.29 is 18.7 Å². The zero-order chi connectivity index (χ0) is 16.7. The second kappa shape index (κ2) is 8.29. The van der Waals surface area contributed by atoms with Crippen LogP contribution >= 0.6 is 0 Å². The normalized spacial score (nSPS) is 11.8. The maximum Gasteiger partial charge on any atom is 0.319 e. The van der Waals surface area contributed by atoms with Crippen molar-refractivity contribution >= 4 is 5.97 Å². The molecule has 1 atom stereocenters. The Kier molecular flexibility index (Phi) is 6.11. The molecule has 0 bridgehead atoms. The van der Waals surface area contributed by atoms with Gasteiger partial charge >= 0.3 is 5.97 Å². The van der Waals surface area contributed by atoms with Crippen LogP contribution in [0.5, 0.6) is 5.75 Å². The Morgan fingerprint density at radius 1 is 1.17 bits per heavy atom. The number of esters is 1. The highest BCUT2D eigenvalue weighted by Crippen LogP contribution is 2.23. The predicted molar refractivity (Wildman–Crippen MR) is 85.7 cm³/mol. The van der Waals surface area contributed by atoms with E-state index in [4.69, 9.17) is 15.2 Å². The fourth-order valence-corrected chi connectivity index (χ4v) is 2.40. The lowest BCUT2D eigenvalue weighted by molar-refractivity contribution is -0.147. The molecule has 2 N–H and O–H groups in total. The number of ether oxygens (including phenoxy) is 2. The van der Waals surface area contributed by atoms with Crippen molar-refractivity contribution in [2.45, 2.75) is 18.9 Å². The van der Waals surface area contributed by atoms with E-state index in [0.29, 0.717) is 18.6 Å². The molecule has 0 heterocycles. The van der Waals surface area contributed by atoms with Crippen LogP contribution in [0.15, 0.2) is 48.5 Å². The maximum atomic E-state index is 13.3. The van der Waals surface area contributed by atoms with Crippen LogP contribution in [0.2, 0.25) is 0 Å². The number of rotatable bonds is 7. The third-order valence-electron chi connectivity index (χ3n) is 3.47. The molecule has 2 aromatic carbocycles. The summed E-state index contributed by atoms with van der Waals surface area (Å²) in [6.45, 7) is -0.175. The lowest BCUT2D eigenvalue weighted by Crippen LogP contribution is -2.27. The summed E-state index contributed by atoms with van der Waals surface area (Å²) in [7, 11) is 1.48. The summed E-state index contributed by atoms with van der Waals surface area (Å²) in [5.74, 6) is -0.400. The van der Waals surface area contributed by atoms with E-state index in [0.717, 1.165) is 11.1 Å². The molecule has 4 nitrogen and oxygen atoms in total. The summed E-state index contributed by atoms with van der Waals surface area (Å²) >= 11 is 0. The molecule has 5 heteroatoms. The van der Waals surface area contributed by atoms with E-state index in [1.807, 2.05) is 30.3 Å². The maximum absolute atomic E-state index is 13.3. The molecule has 0 saturated heterocycles. The fourth-order valence-electron chi connectivity index (χ4n) is 2.40. The Bertz CT molecular complexity index is 646. The average molecular weight is 317 g/mol. The number of methoxy groups -OCH3 is 1. The van der Waals surface area contributed by atoms with E-state index in [9.17, 15) is 9.18 Å². The number of hydrogen-bond acceptors (Lipinski definition) is 4. The summed E-state index contributed by atoms with van der Waals surface area (Å²) in [4.78, 5) is 11.6. The van der Waals surface area contributed by atoms with Gasteiger partial charge in [0, 0.05) is 18.9 Å². The molecule has 23 heavy (non-hydrogen) atoms. The van der Waals surface area contributed by atoms with Crippen LogP contribution in [0.25, 0.3) is 0 Å². The van der Waals surface area contributed by atoms with Crippen molar-refractivity contribution in [3.63, 3.8) is 0 Å². The van der Waals surface area contributed by atoms with Crippen LogP contribution in [-0.2, 0) is 22.4 Å². The van der Waals surface area contributed by atoms with Crippen LogP contribution in [0.1, 0.15) is 11.1 Å². The molecule has 0 saturated carbocycles. The van der Waals surface area contributed by atoms with Crippen molar-refractivity contribution in [3.8, 4) is 5.75 Å². The van der Waals surface area contributed by atoms with Gasteiger partial charge in [0.1, 0.15) is 17.7 Å². The molecule has 2 aromatic rings. The topological polar surface area (TPSA) is 61.5 Å². The van der Waals surface area contributed by atoms with Gasteiger partial charge in [-0.05, 0) is 17.2 Å². The SMILES string of the molecule is COc1cc(F)ccc1CC(Cc1ccccc1)OC(=O)CN. The molecule has 0 aliphatic carbocycles. The minimum atomic E-state index is -0.466. The van der Waals surface area contributed by atoms with Gasteiger partial charge in [0.2, 0.25) is 0 Å². The van der Waals surface area contributed by atoms with Gasteiger partial charge in [-0.1, -0.05) is 36.4 Å². The molecule has 122 valence electrons. The Hall–Kier alpha value is -2.40. The van der Waals surface area contributed by atoms with E-state index >= 15 is 0 Å². The Morgan fingerprint density at radius 3 is 2.57 bits per heavy atom. The molecule has 0 spiro atoms. The molecule has 0 fully saturated rings. The first-order valence-corrected chi connectivity index (χ1v) is 7.38. The quantitative estimate of drug-likeness (QED) is 0.797. The number of nitrogens with two attached hydrogens (primary N) is 1. The van der Waals surface area contributed by atoms with E-state index in [-0.39, 0.29) is 12.4 Å². The minimum absolute atomic E-state index is 0.175. The molecule has 0 aromatic heterocycles. The molecule has 2 rings (SSSR count). The minimum Gasteiger partial charge on any atom is -0.496 e. The highest BCUT2D eigenvalue weighted by Gasteiger charge is 2.18. The number of carbonyl (C=O) groups excluding carboxylic acids is 1. The average Bonchev–Trinajstić information content (AvgIpc) is 2.57. The van der Waals surface area contributed by atoms with Gasteiger partial charge < -0.3 is 15.2 Å². The highest BCUT2D eigenvalue weighted by molar-refractivity contribution is 5.71. The lowest BCUT2D eigenvalue weighted by atomic mass is 10.0. The fraction of sp³-hybridized carbons (Fsp3) is 0.278. The molecule has 0 aliphatic heterocycles. The third-order valence-corrected chi connectivity index (χ3v) is 3.47. The van der Waals surface area contributed by atoms with Crippen molar-refractivity contribution in [1.29, 1.82) is 0 Å². The third kappa shape index (κ3) is 5.07.